The van der Waals surface area contributed by atoms with Gasteiger partial charge in [-0.05, 0) is 45.2 Å². The SMILES string of the molecule is CC1CCCC(C)N1c1cc2cc([N+](=O)[O-])ccc2s1. The van der Waals surface area contributed by atoms with Crippen LogP contribution in [0.25, 0.3) is 10.1 Å². The van der Waals surface area contributed by atoms with Crippen LogP contribution in [0.4, 0.5) is 10.7 Å². The maximum absolute atomic E-state index is 10.9. The molecular weight excluding hydrogens is 272 g/mol. The Morgan fingerprint density at radius 2 is 1.95 bits per heavy atom. The Bertz CT molecular complexity index is 642. The molecule has 0 bridgehead atoms. The summed E-state index contributed by atoms with van der Waals surface area (Å²) in [5.41, 5.74) is 0.168. The number of nitrogens with zero attached hydrogens (tertiary/aromatic N) is 2. The highest BCUT2D eigenvalue weighted by Gasteiger charge is 2.26. The van der Waals surface area contributed by atoms with Gasteiger partial charge in [-0.25, -0.2) is 0 Å². The van der Waals surface area contributed by atoms with Gasteiger partial charge < -0.3 is 4.90 Å². The van der Waals surface area contributed by atoms with E-state index in [9.17, 15) is 10.1 Å². The zero-order valence-corrected chi connectivity index (χ0v) is 12.5. The van der Waals surface area contributed by atoms with Crippen molar-refractivity contribution in [2.75, 3.05) is 4.90 Å². The smallest absolute Gasteiger partial charge is 0.270 e. The molecule has 0 radical (unpaired) electrons. The first kappa shape index (κ1) is 13.4. The lowest BCUT2D eigenvalue weighted by Crippen LogP contribution is -2.43. The molecule has 1 fully saturated rings. The summed E-state index contributed by atoms with van der Waals surface area (Å²) in [4.78, 5) is 13.0. The molecule has 2 atom stereocenters. The number of hydrogen-bond acceptors (Lipinski definition) is 4. The van der Waals surface area contributed by atoms with Gasteiger partial charge in [0.2, 0.25) is 0 Å². The number of fused-ring (bicyclic) bond motifs is 1. The molecule has 4 nitrogen and oxygen atoms in total. The average molecular weight is 290 g/mol. The van der Waals surface area contributed by atoms with Crippen LogP contribution >= 0.6 is 11.3 Å². The molecule has 1 aromatic heterocycles. The van der Waals surface area contributed by atoms with Gasteiger partial charge in [-0.1, -0.05) is 0 Å². The number of nitro benzene ring substituents is 1. The van der Waals surface area contributed by atoms with Gasteiger partial charge in [0.05, 0.1) is 9.92 Å². The molecular formula is C15H18N2O2S. The van der Waals surface area contributed by atoms with E-state index >= 15 is 0 Å². The molecule has 106 valence electrons. The van der Waals surface area contributed by atoms with Crippen LogP contribution in [0.15, 0.2) is 24.3 Å². The van der Waals surface area contributed by atoms with Crippen molar-refractivity contribution in [3.05, 3.63) is 34.4 Å². The lowest BCUT2D eigenvalue weighted by atomic mass is 9.98. The number of benzene rings is 1. The summed E-state index contributed by atoms with van der Waals surface area (Å²) in [5.74, 6) is 0. The fraction of sp³-hybridized carbons (Fsp3) is 0.467. The van der Waals surface area contributed by atoms with Gasteiger partial charge in [-0.3, -0.25) is 10.1 Å². The van der Waals surface area contributed by atoms with E-state index in [4.69, 9.17) is 0 Å². The van der Waals surface area contributed by atoms with Crippen molar-refractivity contribution in [1.29, 1.82) is 0 Å². The van der Waals surface area contributed by atoms with Crippen molar-refractivity contribution >= 4 is 32.1 Å². The van der Waals surface area contributed by atoms with Gasteiger partial charge in [-0.2, -0.15) is 0 Å². The molecule has 1 aromatic carbocycles. The Morgan fingerprint density at radius 3 is 2.60 bits per heavy atom. The number of nitro groups is 1. The largest absolute Gasteiger partial charge is 0.358 e. The minimum absolute atomic E-state index is 0.168. The number of rotatable bonds is 2. The van der Waals surface area contributed by atoms with Crippen LogP contribution in [-0.4, -0.2) is 17.0 Å². The number of hydrogen-bond donors (Lipinski definition) is 0. The number of piperidine rings is 1. The minimum Gasteiger partial charge on any atom is -0.358 e. The fourth-order valence-corrected chi connectivity index (χ4v) is 4.36. The van der Waals surface area contributed by atoms with Crippen molar-refractivity contribution in [3.63, 3.8) is 0 Å². The van der Waals surface area contributed by atoms with Gasteiger partial charge in [0.25, 0.3) is 5.69 Å². The molecule has 1 saturated heterocycles. The van der Waals surface area contributed by atoms with E-state index in [2.05, 4.69) is 24.8 Å². The highest BCUT2D eigenvalue weighted by atomic mass is 32.1. The zero-order valence-electron chi connectivity index (χ0n) is 11.7. The van der Waals surface area contributed by atoms with Crippen molar-refractivity contribution < 1.29 is 4.92 Å². The van der Waals surface area contributed by atoms with E-state index < -0.39 is 0 Å². The third-order valence-electron chi connectivity index (χ3n) is 4.15. The van der Waals surface area contributed by atoms with E-state index in [1.54, 1.807) is 23.5 Å². The van der Waals surface area contributed by atoms with E-state index in [1.165, 1.54) is 24.3 Å². The van der Waals surface area contributed by atoms with Crippen LogP contribution in [-0.2, 0) is 0 Å². The van der Waals surface area contributed by atoms with Gasteiger partial charge >= 0.3 is 0 Å². The standard InChI is InChI=1S/C15H18N2O2S/c1-10-4-3-5-11(2)16(10)15-9-12-8-13(17(18)19)6-7-14(12)20-15/h6-11H,3-5H2,1-2H3. The predicted molar refractivity (Wildman–Crippen MR) is 83.7 cm³/mol. The minimum atomic E-state index is -0.330. The van der Waals surface area contributed by atoms with Crippen molar-refractivity contribution in [2.45, 2.75) is 45.2 Å². The molecule has 0 saturated carbocycles. The summed E-state index contributed by atoms with van der Waals surface area (Å²) >= 11 is 1.74. The van der Waals surface area contributed by atoms with Crippen molar-refractivity contribution in [2.24, 2.45) is 0 Å². The number of thiophene rings is 1. The second kappa shape index (κ2) is 5.05. The van der Waals surface area contributed by atoms with Gasteiger partial charge in [0, 0.05) is 34.3 Å². The van der Waals surface area contributed by atoms with Crippen LogP contribution in [0.1, 0.15) is 33.1 Å². The number of anilines is 1. The topological polar surface area (TPSA) is 46.4 Å². The Balaban J connectivity index is 2.01. The first-order valence-electron chi connectivity index (χ1n) is 7.02. The van der Waals surface area contributed by atoms with Crippen LogP contribution in [0.2, 0.25) is 0 Å². The maximum Gasteiger partial charge on any atom is 0.270 e. The van der Waals surface area contributed by atoms with Crippen LogP contribution < -0.4 is 4.90 Å². The second-order valence-electron chi connectivity index (χ2n) is 5.60. The normalized spacial score (nSPS) is 23.2. The van der Waals surface area contributed by atoms with Crippen LogP contribution in [0, 0.1) is 10.1 Å². The molecule has 2 unspecified atom stereocenters. The summed E-state index contributed by atoms with van der Waals surface area (Å²) in [6.07, 6.45) is 3.73. The lowest BCUT2D eigenvalue weighted by Gasteiger charge is -2.39. The molecule has 0 N–H and O–H groups in total. The Morgan fingerprint density at radius 1 is 1.25 bits per heavy atom. The molecule has 2 aromatic rings. The molecule has 0 aliphatic carbocycles. The summed E-state index contributed by atoms with van der Waals surface area (Å²) in [6.45, 7) is 4.53. The van der Waals surface area contributed by atoms with E-state index in [0.29, 0.717) is 12.1 Å². The van der Waals surface area contributed by atoms with Crippen molar-refractivity contribution in [1.82, 2.24) is 0 Å². The molecule has 3 rings (SSSR count). The summed E-state index contributed by atoms with van der Waals surface area (Å²) < 4.78 is 1.12. The Hall–Kier alpha value is -1.62. The summed E-state index contributed by atoms with van der Waals surface area (Å²) in [6, 6.07) is 8.32. The van der Waals surface area contributed by atoms with Gasteiger partial charge in [0.15, 0.2) is 0 Å². The Labute approximate surface area is 122 Å². The third kappa shape index (κ3) is 2.26. The third-order valence-corrected chi connectivity index (χ3v) is 5.28. The molecule has 1 aliphatic rings. The molecule has 1 aliphatic heterocycles. The summed E-state index contributed by atoms with van der Waals surface area (Å²) in [5, 5.41) is 13.1. The first-order chi connectivity index (χ1) is 9.56. The van der Waals surface area contributed by atoms with Gasteiger partial charge in [-0.15, -0.1) is 11.3 Å². The second-order valence-corrected chi connectivity index (χ2v) is 6.66. The molecule has 5 heteroatoms. The average Bonchev–Trinajstić information content (AvgIpc) is 2.80. The zero-order chi connectivity index (χ0) is 14.3. The van der Waals surface area contributed by atoms with Crippen LogP contribution in [0.3, 0.4) is 0 Å². The van der Waals surface area contributed by atoms with E-state index in [0.717, 1.165) is 10.1 Å². The molecule has 0 spiro atoms. The van der Waals surface area contributed by atoms with E-state index in [1.807, 2.05) is 6.07 Å². The van der Waals surface area contributed by atoms with E-state index in [-0.39, 0.29) is 10.6 Å². The molecule has 2 heterocycles. The Kier molecular flexibility index (Phi) is 3.38. The summed E-state index contributed by atoms with van der Waals surface area (Å²) in [7, 11) is 0. The highest BCUT2D eigenvalue weighted by Crippen LogP contribution is 2.38. The monoisotopic (exact) mass is 290 g/mol. The molecule has 0 amide bonds. The first-order valence-corrected chi connectivity index (χ1v) is 7.84. The van der Waals surface area contributed by atoms with Crippen molar-refractivity contribution in [3.8, 4) is 0 Å². The highest BCUT2D eigenvalue weighted by molar-refractivity contribution is 7.22. The van der Waals surface area contributed by atoms with Gasteiger partial charge in [0.1, 0.15) is 0 Å². The quantitative estimate of drug-likeness (QED) is 0.601. The maximum atomic E-state index is 10.9. The fourth-order valence-electron chi connectivity index (χ4n) is 3.11. The predicted octanol–water partition coefficient (Wildman–Crippen LogP) is 4.58. The number of non-ortho nitro benzene ring substituents is 1. The van der Waals surface area contributed by atoms with Crippen LogP contribution in [0.5, 0.6) is 0 Å². The lowest BCUT2D eigenvalue weighted by molar-refractivity contribution is -0.384. The molecule has 20 heavy (non-hydrogen) atoms.